The standard InChI is InChI=1S/C20H21F2N5O/c1-3-13-14(12-23)19(25-24-17(13)4-2)26-8-10-27(11-9-26)20(28)18-15(21)6-5-7-16(18)22/h5-7H,3-4,8-11H2,1-2H3. The number of benzene rings is 1. The van der Waals surface area contributed by atoms with Crippen LogP contribution < -0.4 is 4.90 Å². The smallest absolute Gasteiger partial charge is 0.259 e. The van der Waals surface area contributed by atoms with E-state index in [0.29, 0.717) is 37.3 Å². The van der Waals surface area contributed by atoms with Gasteiger partial charge in [0.15, 0.2) is 5.82 Å². The van der Waals surface area contributed by atoms with E-state index in [2.05, 4.69) is 16.3 Å². The highest BCUT2D eigenvalue weighted by Crippen LogP contribution is 2.25. The molecule has 0 spiro atoms. The molecule has 2 heterocycles. The molecule has 0 atom stereocenters. The van der Waals surface area contributed by atoms with Crippen molar-refractivity contribution in [2.24, 2.45) is 0 Å². The second-order valence-corrected chi connectivity index (χ2v) is 6.52. The van der Waals surface area contributed by atoms with Crippen LogP contribution in [0.4, 0.5) is 14.6 Å². The molecule has 1 amide bonds. The molecule has 0 unspecified atom stereocenters. The highest BCUT2D eigenvalue weighted by molar-refractivity contribution is 5.95. The maximum absolute atomic E-state index is 13.9. The molecule has 28 heavy (non-hydrogen) atoms. The Morgan fingerprint density at radius 3 is 2.29 bits per heavy atom. The summed E-state index contributed by atoms with van der Waals surface area (Å²) in [4.78, 5) is 15.8. The molecule has 1 aromatic carbocycles. The maximum Gasteiger partial charge on any atom is 0.259 e. The summed E-state index contributed by atoms with van der Waals surface area (Å²) in [7, 11) is 0. The summed E-state index contributed by atoms with van der Waals surface area (Å²) in [5.41, 5.74) is 1.68. The van der Waals surface area contributed by atoms with Gasteiger partial charge in [0.25, 0.3) is 5.91 Å². The number of hydrogen-bond donors (Lipinski definition) is 0. The topological polar surface area (TPSA) is 73.1 Å². The Labute approximate surface area is 162 Å². The lowest BCUT2D eigenvalue weighted by Gasteiger charge is -2.35. The van der Waals surface area contributed by atoms with Gasteiger partial charge in [-0.25, -0.2) is 8.78 Å². The fourth-order valence-electron chi connectivity index (χ4n) is 3.48. The average Bonchev–Trinajstić information content (AvgIpc) is 2.72. The van der Waals surface area contributed by atoms with E-state index in [0.717, 1.165) is 23.4 Å². The molecule has 1 aromatic heterocycles. The summed E-state index contributed by atoms with van der Waals surface area (Å²) < 4.78 is 27.8. The lowest BCUT2D eigenvalue weighted by atomic mass is 10.0. The lowest BCUT2D eigenvalue weighted by Crippen LogP contribution is -2.49. The number of piperazine rings is 1. The molecule has 1 saturated heterocycles. The third-order valence-electron chi connectivity index (χ3n) is 4.98. The van der Waals surface area contributed by atoms with Crippen molar-refractivity contribution in [3.8, 4) is 6.07 Å². The molecule has 1 fully saturated rings. The molecule has 0 bridgehead atoms. The summed E-state index contributed by atoms with van der Waals surface area (Å²) in [5.74, 6) is -1.90. The molecule has 0 radical (unpaired) electrons. The Morgan fingerprint density at radius 1 is 1.11 bits per heavy atom. The Hall–Kier alpha value is -3.08. The van der Waals surface area contributed by atoms with Gasteiger partial charge in [-0.3, -0.25) is 4.79 Å². The molecular weight excluding hydrogens is 364 g/mol. The zero-order valence-electron chi connectivity index (χ0n) is 15.9. The number of aromatic nitrogens is 2. The Morgan fingerprint density at radius 2 is 1.75 bits per heavy atom. The van der Waals surface area contributed by atoms with Crippen LogP contribution in [0.5, 0.6) is 0 Å². The largest absolute Gasteiger partial charge is 0.350 e. The number of carbonyl (C=O) groups excluding carboxylic acids is 1. The summed E-state index contributed by atoms with van der Waals surface area (Å²) >= 11 is 0. The first-order valence-corrected chi connectivity index (χ1v) is 9.28. The van der Waals surface area contributed by atoms with Gasteiger partial charge in [-0.15, -0.1) is 5.10 Å². The minimum absolute atomic E-state index is 0.274. The molecule has 0 N–H and O–H groups in total. The van der Waals surface area contributed by atoms with Crippen molar-refractivity contribution < 1.29 is 13.6 Å². The summed E-state index contributed by atoms with van der Waals surface area (Å²) in [6, 6.07) is 5.61. The molecule has 6 nitrogen and oxygen atoms in total. The van der Waals surface area contributed by atoms with Gasteiger partial charge in [0, 0.05) is 26.2 Å². The van der Waals surface area contributed by atoms with Crippen molar-refractivity contribution >= 4 is 11.7 Å². The van der Waals surface area contributed by atoms with Crippen molar-refractivity contribution in [2.75, 3.05) is 31.1 Å². The summed E-state index contributed by atoms with van der Waals surface area (Å²) in [6.45, 7) is 5.29. The van der Waals surface area contributed by atoms with Crippen LogP contribution in [0, 0.1) is 23.0 Å². The number of hydrogen-bond acceptors (Lipinski definition) is 5. The van der Waals surface area contributed by atoms with Gasteiger partial charge in [0.05, 0.1) is 5.69 Å². The van der Waals surface area contributed by atoms with Crippen LogP contribution in [-0.4, -0.2) is 47.2 Å². The molecule has 1 aliphatic heterocycles. The van der Waals surface area contributed by atoms with Crippen molar-refractivity contribution in [3.63, 3.8) is 0 Å². The fraction of sp³-hybridized carbons (Fsp3) is 0.400. The van der Waals surface area contributed by atoms with Gasteiger partial charge in [-0.05, 0) is 30.5 Å². The lowest BCUT2D eigenvalue weighted by molar-refractivity contribution is 0.0736. The zero-order chi connectivity index (χ0) is 20.3. The third-order valence-corrected chi connectivity index (χ3v) is 4.98. The molecule has 1 aliphatic rings. The van der Waals surface area contributed by atoms with Gasteiger partial charge in [-0.2, -0.15) is 10.4 Å². The van der Waals surface area contributed by atoms with Crippen LogP contribution in [0.15, 0.2) is 18.2 Å². The van der Waals surface area contributed by atoms with E-state index < -0.39 is 23.1 Å². The van der Waals surface area contributed by atoms with Gasteiger partial charge >= 0.3 is 0 Å². The normalized spacial score (nSPS) is 14.1. The van der Waals surface area contributed by atoms with Crippen molar-refractivity contribution in [1.82, 2.24) is 15.1 Å². The Bertz CT molecular complexity index is 913. The molecule has 2 aromatic rings. The predicted octanol–water partition coefficient (Wildman–Crippen LogP) is 2.71. The molecular formula is C20H21F2N5O. The van der Waals surface area contributed by atoms with Gasteiger partial charge in [0.2, 0.25) is 0 Å². The van der Waals surface area contributed by atoms with Crippen LogP contribution in [0.2, 0.25) is 0 Å². The van der Waals surface area contributed by atoms with Crippen LogP contribution in [0.25, 0.3) is 0 Å². The first kappa shape index (κ1) is 19.7. The van der Waals surface area contributed by atoms with E-state index >= 15 is 0 Å². The van der Waals surface area contributed by atoms with E-state index in [4.69, 9.17) is 0 Å². The number of nitrogens with zero attached hydrogens (tertiary/aromatic N) is 5. The van der Waals surface area contributed by atoms with Crippen LogP contribution >= 0.6 is 0 Å². The maximum atomic E-state index is 13.9. The fourth-order valence-corrected chi connectivity index (χ4v) is 3.48. The Kier molecular flexibility index (Phi) is 5.83. The monoisotopic (exact) mass is 385 g/mol. The van der Waals surface area contributed by atoms with E-state index in [-0.39, 0.29) is 13.1 Å². The SMILES string of the molecule is CCc1nnc(N2CCN(C(=O)c3c(F)cccc3F)CC2)c(C#N)c1CC. The number of anilines is 1. The van der Waals surface area contributed by atoms with Gasteiger partial charge in [-0.1, -0.05) is 19.9 Å². The minimum atomic E-state index is -0.868. The number of carbonyl (C=O) groups is 1. The summed E-state index contributed by atoms with van der Waals surface area (Å²) in [6.07, 6.45) is 1.38. The molecule has 146 valence electrons. The average molecular weight is 385 g/mol. The number of aryl methyl sites for hydroxylation is 1. The molecule has 0 saturated carbocycles. The van der Waals surface area contributed by atoms with E-state index in [1.165, 1.54) is 11.0 Å². The first-order valence-electron chi connectivity index (χ1n) is 9.28. The van der Waals surface area contributed by atoms with E-state index in [9.17, 15) is 18.8 Å². The van der Waals surface area contributed by atoms with Crippen LogP contribution in [0.3, 0.4) is 0 Å². The molecule has 0 aliphatic carbocycles. The quantitative estimate of drug-likeness (QED) is 0.809. The zero-order valence-corrected chi connectivity index (χ0v) is 15.9. The van der Waals surface area contributed by atoms with Crippen molar-refractivity contribution in [1.29, 1.82) is 5.26 Å². The van der Waals surface area contributed by atoms with E-state index in [1.807, 2.05) is 18.7 Å². The summed E-state index contributed by atoms with van der Waals surface area (Å²) in [5, 5.41) is 18.1. The number of nitriles is 1. The number of halogens is 2. The third kappa shape index (κ3) is 3.52. The first-order chi connectivity index (χ1) is 13.5. The second kappa shape index (κ2) is 8.30. The van der Waals surface area contributed by atoms with Crippen molar-refractivity contribution in [2.45, 2.75) is 26.7 Å². The van der Waals surface area contributed by atoms with Gasteiger partial charge in [0.1, 0.15) is 28.8 Å². The number of amides is 1. The Balaban J connectivity index is 1.79. The van der Waals surface area contributed by atoms with Crippen molar-refractivity contribution in [3.05, 3.63) is 52.2 Å². The minimum Gasteiger partial charge on any atom is -0.350 e. The molecule has 3 rings (SSSR count). The highest BCUT2D eigenvalue weighted by atomic mass is 19.1. The van der Waals surface area contributed by atoms with E-state index in [1.54, 1.807) is 0 Å². The van der Waals surface area contributed by atoms with Crippen LogP contribution in [-0.2, 0) is 12.8 Å². The predicted molar refractivity (Wildman–Crippen MR) is 100.0 cm³/mol. The highest BCUT2D eigenvalue weighted by Gasteiger charge is 2.28. The second-order valence-electron chi connectivity index (χ2n) is 6.52. The van der Waals surface area contributed by atoms with Crippen LogP contribution in [0.1, 0.15) is 41.0 Å². The number of rotatable bonds is 4. The molecule has 8 heteroatoms. The van der Waals surface area contributed by atoms with Gasteiger partial charge < -0.3 is 9.80 Å².